The van der Waals surface area contributed by atoms with Crippen LogP contribution >= 0.6 is 11.6 Å². The molecule has 0 spiro atoms. The molecule has 0 radical (unpaired) electrons. The van der Waals surface area contributed by atoms with E-state index < -0.39 is 5.60 Å². The van der Waals surface area contributed by atoms with Crippen LogP contribution in [0.5, 0.6) is 5.75 Å². The Morgan fingerprint density at radius 3 is 2.48 bits per heavy atom. The monoisotopic (exact) mass is 334 g/mol. The molecule has 0 bridgehead atoms. The van der Waals surface area contributed by atoms with E-state index in [0.29, 0.717) is 10.8 Å². The van der Waals surface area contributed by atoms with Crippen molar-refractivity contribution in [2.45, 2.75) is 18.7 Å². The van der Waals surface area contributed by atoms with Crippen molar-refractivity contribution >= 4 is 11.6 Å². The van der Waals surface area contributed by atoms with Gasteiger partial charge >= 0.3 is 0 Å². The first-order valence-electron chi connectivity index (χ1n) is 6.89. The van der Waals surface area contributed by atoms with Crippen LogP contribution in [0.25, 0.3) is 0 Å². The molecule has 1 atom stereocenters. The molecule has 0 aliphatic rings. The first-order chi connectivity index (χ1) is 11.1. The van der Waals surface area contributed by atoms with Gasteiger partial charge in [-0.2, -0.15) is 5.10 Å². The Morgan fingerprint density at radius 2 is 1.83 bits per heavy atom. The molecule has 0 saturated heterocycles. The Labute approximate surface area is 137 Å². The maximum absolute atomic E-state index is 11.0. The van der Waals surface area contributed by atoms with E-state index in [1.165, 1.54) is 19.0 Å². The zero-order chi connectivity index (χ0) is 16.1. The van der Waals surface area contributed by atoms with E-state index in [9.17, 15) is 5.11 Å². The molecule has 0 aliphatic carbocycles. The summed E-state index contributed by atoms with van der Waals surface area (Å²) in [5.41, 5.74) is -1.21. The number of benzene rings is 1. The summed E-state index contributed by atoms with van der Waals surface area (Å²) < 4.78 is 8.93. The molecule has 2 heterocycles. The highest BCUT2D eigenvalue weighted by Crippen LogP contribution is 2.19. The SMILES string of the molecule is OC(COc1ccc(Cl)cc1)(Cn1cnnc1)Cn1cncn1. The number of rotatable bonds is 7. The fourth-order valence-electron chi connectivity index (χ4n) is 2.15. The fourth-order valence-corrected chi connectivity index (χ4v) is 2.28. The van der Waals surface area contributed by atoms with Crippen molar-refractivity contribution in [3.05, 3.63) is 54.6 Å². The highest BCUT2D eigenvalue weighted by molar-refractivity contribution is 6.30. The quantitative estimate of drug-likeness (QED) is 0.694. The van der Waals surface area contributed by atoms with Gasteiger partial charge in [0.15, 0.2) is 0 Å². The predicted molar refractivity (Wildman–Crippen MR) is 81.9 cm³/mol. The van der Waals surface area contributed by atoms with Crippen molar-refractivity contribution in [2.24, 2.45) is 0 Å². The van der Waals surface area contributed by atoms with Gasteiger partial charge in [-0.15, -0.1) is 10.2 Å². The van der Waals surface area contributed by atoms with E-state index in [-0.39, 0.29) is 19.7 Å². The molecule has 1 unspecified atom stereocenters. The minimum atomic E-state index is -1.21. The smallest absolute Gasteiger partial charge is 0.137 e. The van der Waals surface area contributed by atoms with Gasteiger partial charge in [-0.25, -0.2) is 9.67 Å². The number of ether oxygens (including phenoxy) is 1. The van der Waals surface area contributed by atoms with Crippen molar-refractivity contribution in [3.63, 3.8) is 0 Å². The Bertz CT molecular complexity index is 678. The van der Waals surface area contributed by atoms with Crippen LogP contribution in [-0.4, -0.2) is 46.8 Å². The van der Waals surface area contributed by atoms with Crippen LogP contribution in [0, 0.1) is 0 Å². The summed E-state index contributed by atoms with van der Waals surface area (Å²) in [4.78, 5) is 3.89. The largest absolute Gasteiger partial charge is 0.490 e. The first kappa shape index (κ1) is 15.4. The number of hydrogen-bond donors (Lipinski definition) is 1. The molecule has 0 amide bonds. The predicted octanol–water partition coefficient (Wildman–Crippen LogP) is 1.03. The minimum Gasteiger partial charge on any atom is -0.490 e. The van der Waals surface area contributed by atoms with E-state index in [4.69, 9.17) is 16.3 Å². The summed E-state index contributed by atoms with van der Waals surface area (Å²) in [6.45, 7) is 0.541. The molecule has 1 aromatic carbocycles. The number of halogens is 1. The highest BCUT2D eigenvalue weighted by Gasteiger charge is 2.30. The molecule has 3 aromatic rings. The third-order valence-electron chi connectivity index (χ3n) is 3.19. The standard InChI is InChI=1S/C14H15ClN6O2/c15-12-1-3-13(4-2-12)23-7-14(22,5-20-10-17-18-11-20)6-21-9-16-8-19-21/h1-4,8-11,22H,5-7H2. The van der Waals surface area contributed by atoms with Crippen LogP contribution < -0.4 is 4.74 Å². The van der Waals surface area contributed by atoms with Crippen LogP contribution in [0.4, 0.5) is 0 Å². The second-order valence-corrected chi connectivity index (χ2v) is 5.63. The molecule has 8 nitrogen and oxygen atoms in total. The lowest BCUT2D eigenvalue weighted by Gasteiger charge is -2.28. The maximum Gasteiger partial charge on any atom is 0.137 e. The van der Waals surface area contributed by atoms with Crippen LogP contribution in [0.3, 0.4) is 0 Å². The first-order valence-corrected chi connectivity index (χ1v) is 7.26. The van der Waals surface area contributed by atoms with E-state index in [0.717, 1.165) is 0 Å². The van der Waals surface area contributed by atoms with Crippen LogP contribution in [0.15, 0.2) is 49.6 Å². The summed E-state index contributed by atoms with van der Waals surface area (Å²) in [6.07, 6.45) is 6.03. The lowest BCUT2D eigenvalue weighted by molar-refractivity contribution is -0.0355. The van der Waals surface area contributed by atoms with Crippen LogP contribution in [-0.2, 0) is 13.1 Å². The average Bonchev–Trinajstić information content (AvgIpc) is 3.21. The molecular formula is C14H15ClN6O2. The van der Waals surface area contributed by atoms with E-state index in [1.54, 1.807) is 39.8 Å². The van der Waals surface area contributed by atoms with Gasteiger partial charge in [0.05, 0.1) is 13.1 Å². The van der Waals surface area contributed by atoms with Crippen molar-refractivity contribution in [1.29, 1.82) is 0 Å². The van der Waals surface area contributed by atoms with Crippen LogP contribution in [0.2, 0.25) is 5.02 Å². The molecule has 2 aromatic heterocycles. The van der Waals surface area contributed by atoms with Gasteiger partial charge in [0.25, 0.3) is 0 Å². The third kappa shape index (κ3) is 4.27. The number of nitrogens with zero attached hydrogens (tertiary/aromatic N) is 6. The van der Waals surface area contributed by atoms with Gasteiger partial charge in [-0.3, -0.25) is 0 Å². The molecule has 1 N–H and O–H groups in total. The molecule has 120 valence electrons. The van der Waals surface area contributed by atoms with Gasteiger partial charge in [-0.1, -0.05) is 11.6 Å². The van der Waals surface area contributed by atoms with Gasteiger partial charge in [0.1, 0.15) is 43.3 Å². The van der Waals surface area contributed by atoms with Gasteiger partial charge < -0.3 is 14.4 Å². The van der Waals surface area contributed by atoms with Crippen molar-refractivity contribution in [1.82, 2.24) is 29.5 Å². The van der Waals surface area contributed by atoms with E-state index >= 15 is 0 Å². The Hall–Kier alpha value is -2.45. The summed E-state index contributed by atoms with van der Waals surface area (Å²) in [7, 11) is 0. The molecule has 3 rings (SSSR count). The molecule has 9 heteroatoms. The van der Waals surface area contributed by atoms with E-state index in [2.05, 4.69) is 20.3 Å². The van der Waals surface area contributed by atoms with Gasteiger partial charge in [-0.05, 0) is 24.3 Å². The summed E-state index contributed by atoms with van der Waals surface area (Å²) in [6, 6.07) is 6.95. The zero-order valence-corrected chi connectivity index (χ0v) is 12.9. The average molecular weight is 335 g/mol. The van der Waals surface area contributed by atoms with Crippen molar-refractivity contribution in [3.8, 4) is 5.75 Å². The van der Waals surface area contributed by atoms with Crippen molar-refractivity contribution in [2.75, 3.05) is 6.61 Å². The number of aromatic nitrogens is 6. The number of aliphatic hydroxyl groups is 1. The van der Waals surface area contributed by atoms with Gasteiger partial charge in [0, 0.05) is 5.02 Å². The van der Waals surface area contributed by atoms with Gasteiger partial charge in [0.2, 0.25) is 0 Å². The van der Waals surface area contributed by atoms with Crippen LogP contribution in [0.1, 0.15) is 0 Å². The Morgan fingerprint density at radius 1 is 1.09 bits per heavy atom. The van der Waals surface area contributed by atoms with E-state index in [1.807, 2.05) is 0 Å². The molecule has 0 saturated carbocycles. The molecule has 0 aliphatic heterocycles. The second kappa shape index (κ2) is 6.76. The zero-order valence-electron chi connectivity index (χ0n) is 12.2. The second-order valence-electron chi connectivity index (χ2n) is 5.19. The summed E-state index contributed by atoms with van der Waals surface area (Å²) in [5, 5.41) is 23.1. The molecule has 23 heavy (non-hydrogen) atoms. The lowest BCUT2D eigenvalue weighted by atomic mass is 10.1. The summed E-state index contributed by atoms with van der Waals surface area (Å²) >= 11 is 5.85. The normalized spacial score (nSPS) is 13.7. The molecular weight excluding hydrogens is 320 g/mol. The Balaban J connectivity index is 1.72. The lowest BCUT2D eigenvalue weighted by Crippen LogP contribution is -2.44. The maximum atomic E-state index is 11.0. The topological polar surface area (TPSA) is 90.9 Å². The summed E-state index contributed by atoms with van der Waals surface area (Å²) in [5.74, 6) is 0.621. The van der Waals surface area contributed by atoms with Crippen molar-refractivity contribution < 1.29 is 9.84 Å². The fraction of sp³-hybridized carbons (Fsp3) is 0.286. The minimum absolute atomic E-state index is 0.0622. The highest BCUT2D eigenvalue weighted by atomic mass is 35.5. The third-order valence-corrected chi connectivity index (χ3v) is 3.44. The molecule has 0 fully saturated rings. The Kier molecular flexibility index (Phi) is 4.54. The number of hydrogen-bond acceptors (Lipinski definition) is 6.